The number of methoxy groups -OCH3 is 1. The normalized spacial score (nSPS) is 16.3. The summed E-state index contributed by atoms with van der Waals surface area (Å²) in [4.78, 5) is 30.6. The molecule has 2 heterocycles. The van der Waals surface area contributed by atoms with E-state index in [1.54, 1.807) is 13.0 Å². The molecule has 3 rings (SSSR count). The third-order valence-electron chi connectivity index (χ3n) is 5.48. The summed E-state index contributed by atoms with van der Waals surface area (Å²) in [5.74, 6) is 1.77. The highest BCUT2D eigenvalue weighted by Crippen LogP contribution is 2.18. The number of nitrogens with zero attached hydrogens (tertiary/aromatic N) is 2. The summed E-state index contributed by atoms with van der Waals surface area (Å²) in [5.41, 5.74) is 1.66. The third kappa shape index (κ3) is 6.35. The maximum Gasteiger partial charge on any atom is 0.341 e. The molecule has 0 bridgehead atoms. The van der Waals surface area contributed by atoms with Crippen LogP contribution in [0.4, 0.5) is 0 Å². The Kier molecular flexibility index (Phi) is 8.30. The predicted molar refractivity (Wildman–Crippen MR) is 122 cm³/mol. The molecule has 1 aromatic heterocycles. The topological polar surface area (TPSA) is 96.2 Å². The van der Waals surface area contributed by atoms with Crippen molar-refractivity contribution >= 4 is 17.8 Å². The molecule has 8 nitrogen and oxygen atoms in total. The van der Waals surface area contributed by atoms with Crippen LogP contribution in [0.2, 0.25) is 0 Å². The molecule has 1 unspecified atom stereocenters. The summed E-state index contributed by atoms with van der Waals surface area (Å²) in [6.45, 7) is 6.87. The molecule has 2 N–H and O–H groups in total. The molecule has 172 valence electrons. The smallest absolute Gasteiger partial charge is 0.341 e. The summed E-state index contributed by atoms with van der Waals surface area (Å²) in [5, 5.41) is 6.54. The fourth-order valence-corrected chi connectivity index (χ4v) is 3.79. The van der Waals surface area contributed by atoms with E-state index in [1.807, 2.05) is 30.0 Å². The van der Waals surface area contributed by atoms with Crippen LogP contribution in [-0.4, -0.2) is 56.0 Å². The minimum Gasteiger partial charge on any atom is -0.465 e. The average molecular weight is 441 g/mol. The minimum atomic E-state index is -0.422. The lowest BCUT2D eigenvalue weighted by Crippen LogP contribution is -2.40. The third-order valence-corrected chi connectivity index (χ3v) is 5.48. The Morgan fingerprint density at radius 1 is 1.28 bits per heavy atom. The number of likely N-dealkylation sites (tertiary alicyclic amines) is 1. The molecule has 0 spiro atoms. The van der Waals surface area contributed by atoms with Gasteiger partial charge in [0, 0.05) is 38.5 Å². The SMILES string of the molecule is CCNC(=NCc1cc(C(=O)OC)c(C)o1)NCC1CC(=O)N(CCc2ccccc2)C1. The zero-order chi connectivity index (χ0) is 22.9. The van der Waals surface area contributed by atoms with Crippen LogP contribution < -0.4 is 10.6 Å². The first-order valence-corrected chi connectivity index (χ1v) is 11.0. The van der Waals surface area contributed by atoms with Crippen molar-refractivity contribution in [2.75, 3.05) is 33.3 Å². The number of benzene rings is 1. The van der Waals surface area contributed by atoms with Gasteiger partial charge in [0.25, 0.3) is 0 Å². The Hall–Kier alpha value is -3.29. The zero-order valence-electron chi connectivity index (χ0n) is 19.0. The second-order valence-electron chi connectivity index (χ2n) is 7.90. The Bertz CT molecular complexity index is 939. The summed E-state index contributed by atoms with van der Waals surface area (Å²) >= 11 is 0. The summed E-state index contributed by atoms with van der Waals surface area (Å²) in [6, 6.07) is 11.9. The van der Waals surface area contributed by atoms with Crippen molar-refractivity contribution in [3.8, 4) is 0 Å². The van der Waals surface area contributed by atoms with Crippen LogP contribution in [-0.2, 0) is 22.5 Å². The highest BCUT2D eigenvalue weighted by molar-refractivity contribution is 5.90. The summed E-state index contributed by atoms with van der Waals surface area (Å²) in [6.07, 6.45) is 1.41. The second kappa shape index (κ2) is 11.4. The van der Waals surface area contributed by atoms with Gasteiger partial charge in [-0.15, -0.1) is 0 Å². The first-order valence-electron chi connectivity index (χ1n) is 11.0. The van der Waals surface area contributed by atoms with Gasteiger partial charge in [-0.1, -0.05) is 30.3 Å². The fourth-order valence-electron chi connectivity index (χ4n) is 3.79. The Balaban J connectivity index is 1.51. The van der Waals surface area contributed by atoms with E-state index in [0.717, 1.165) is 19.5 Å². The Morgan fingerprint density at radius 3 is 2.78 bits per heavy atom. The number of guanidine groups is 1. The number of rotatable bonds is 9. The van der Waals surface area contributed by atoms with Gasteiger partial charge >= 0.3 is 5.97 Å². The van der Waals surface area contributed by atoms with Gasteiger partial charge in [-0.25, -0.2) is 9.79 Å². The number of hydrogen-bond donors (Lipinski definition) is 2. The maximum atomic E-state index is 12.4. The van der Waals surface area contributed by atoms with E-state index in [4.69, 9.17) is 9.15 Å². The largest absolute Gasteiger partial charge is 0.465 e. The molecule has 8 heteroatoms. The molecule has 32 heavy (non-hydrogen) atoms. The van der Waals surface area contributed by atoms with E-state index in [-0.39, 0.29) is 11.8 Å². The van der Waals surface area contributed by atoms with E-state index >= 15 is 0 Å². The van der Waals surface area contributed by atoms with E-state index in [0.29, 0.717) is 49.1 Å². The van der Waals surface area contributed by atoms with Gasteiger partial charge in [-0.2, -0.15) is 0 Å². The lowest BCUT2D eigenvalue weighted by atomic mass is 10.1. The van der Waals surface area contributed by atoms with Crippen LogP contribution >= 0.6 is 0 Å². The molecule has 1 atom stereocenters. The molecule has 1 aliphatic heterocycles. The number of carbonyl (C=O) groups is 2. The molecule has 1 fully saturated rings. The molecule has 2 aromatic rings. The van der Waals surface area contributed by atoms with E-state index in [2.05, 4.69) is 27.8 Å². The number of aryl methyl sites for hydroxylation is 1. The number of aliphatic imine (C=N–C) groups is 1. The van der Waals surface area contributed by atoms with Gasteiger partial charge < -0.3 is 24.7 Å². The number of carbonyl (C=O) groups excluding carboxylic acids is 2. The average Bonchev–Trinajstić information content (AvgIpc) is 3.36. The lowest BCUT2D eigenvalue weighted by Gasteiger charge is -2.18. The number of esters is 1. The van der Waals surface area contributed by atoms with Crippen molar-refractivity contribution < 1.29 is 18.7 Å². The standard InChI is InChI=1S/C24H32N4O4/c1-4-25-24(27-15-20-13-21(17(2)32-20)23(30)31-3)26-14-19-12-22(29)28(16-19)11-10-18-8-6-5-7-9-18/h5-9,13,19H,4,10-12,14-16H2,1-3H3,(H2,25,26,27). The van der Waals surface area contributed by atoms with E-state index < -0.39 is 5.97 Å². The van der Waals surface area contributed by atoms with E-state index in [1.165, 1.54) is 12.7 Å². The lowest BCUT2D eigenvalue weighted by molar-refractivity contribution is -0.127. The van der Waals surface area contributed by atoms with Gasteiger partial charge in [-0.3, -0.25) is 4.79 Å². The van der Waals surface area contributed by atoms with Gasteiger partial charge in [0.05, 0.1) is 7.11 Å². The van der Waals surface area contributed by atoms with Crippen LogP contribution in [0.15, 0.2) is 45.8 Å². The molecule has 1 saturated heterocycles. The second-order valence-corrected chi connectivity index (χ2v) is 7.90. The fraction of sp³-hybridized carbons (Fsp3) is 0.458. The molecular formula is C24H32N4O4. The highest BCUT2D eigenvalue weighted by Gasteiger charge is 2.29. The van der Waals surface area contributed by atoms with Gasteiger partial charge in [0.1, 0.15) is 23.6 Å². The van der Waals surface area contributed by atoms with Gasteiger partial charge in [0.15, 0.2) is 5.96 Å². The Labute approximate surface area is 189 Å². The van der Waals surface area contributed by atoms with Crippen LogP contribution in [0.1, 0.15) is 40.8 Å². The number of hydrogen-bond acceptors (Lipinski definition) is 5. The van der Waals surface area contributed by atoms with Gasteiger partial charge in [-0.05, 0) is 31.9 Å². The first-order chi connectivity index (χ1) is 15.5. The minimum absolute atomic E-state index is 0.205. The zero-order valence-corrected chi connectivity index (χ0v) is 19.0. The molecule has 0 aliphatic carbocycles. The molecule has 1 aromatic carbocycles. The molecule has 0 saturated carbocycles. The number of ether oxygens (including phenoxy) is 1. The number of amides is 1. The summed E-state index contributed by atoms with van der Waals surface area (Å²) in [7, 11) is 1.34. The van der Waals surface area contributed by atoms with Crippen LogP contribution in [0.5, 0.6) is 0 Å². The van der Waals surface area contributed by atoms with Crippen molar-refractivity contribution in [3.05, 3.63) is 59.0 Å². The Morgan fingerprint density at radius 2 is 2.06 bits per heavy atom. The monoisotopic (exact) mass is 440 g/mol. The molecule has 1 aliphatic rings. The van der Waals surface area contributed by atoms with E-state index in [9.17, 15) is 9.59 Å². The first kappa shape index (κ1) is 23.4. The summed E-state index contributed by atoms with van der Waals surface area (Å²) < 4.78 is 10.4. The van der Waals surface area contributed by atoms with Crippen molar-refractivity contribution in [1.82, 2.24) is 15.5 Å². The van der Waals surface area contributed by atoms with Crippen molar-refractivity contribution in [2.24, 2.45) is 10.9 Å². The van der Waals surface area contributed by atoms with Crippen molar-refractivity contribution in [3.63, 3.8) is 0 Å². The quantitative estimate of drug-likeness (QED) is 0.353. The predicted octanol–water partition coefficient (Wildman–Crippen LogP) is 2.52. The molecule has 0 radical (unpaired) electrons. The van der Waals surface area contributed by atoms with Crippen LogP contribution in [0, 0.1) is 12.8 Å². The van der Waals surface area contributed by atoms with Crippen LogP contribution in [0.3, 0.4) is 0 Å². The number of furan rings is 1. The van der Waals surface area contributed by atoms with Crippen molar-refractivity contribution in [1.29, 1.82) is 0 Å². The highest BCUT2D eigenvalue weighted by atomic mass is 16.5. The number of nitrogens with one attached hydrogen (secondary N) is 2. The van der Waals surface area contributed by atoms with Gasteiger partial charge in [0.2, 0.25) is 5.91 Å². The maximum absolute atomic E-state index is 12.4. The molecular weight excluding hydrogens is 408 g/mol. The van der Waals surface area contributed by atoms with Crippen molar-refractivity contribution in [2.45, 2.75) is 33.2 Å². The molecule has 1 amide bonds. The van der Waals surface area contributed by atoms with Crippen LogP contribution in [0.25, 0.3) is 0 Å².